The number of nitro groups is 1. The van der Waals surface area contributed by atoms with Crippen LogP contribution in [0.3, 0.4) is 0 Å². The van der Waals surface area contributed by atoms with Gasteiger partial charge in [0.25, 0.3) is 6.54 Å². The Balaban J connectivity index is 1.08. The van der Waals surface area contributed by atoms with E-state index in [1.165, 1.54) is 25.7 Å². The maximum absolute atomic E-state index is 11.1. The van der Waals surface area contributed by atoms with Gasteiger partial charge < -0.3 is 14.2 Å². The van der Waals surface area contributed by atoms with Crippen molar-refractivity contribution in [1.82, 2.24) is 15.1 Å². The number of nitrogens with one attached hydrogen (secondary N) is 1. The Morgan fingerprint density at radius 1 is 0.865 bits per heavy atom. The molecule has 0 aromatic carbocycles. The van der Waals surface area contributed by atoms with Crippen molar-refractivity contribution in [3.05, 3.63) is 57.4 Å². The van der Waals surface area contributed by atoms with E-state index in [0.717, 1.165) is 85.3 Å². The summed E-state index contributed by atoms with van der Waals surface area (Å²) in [5.74, 6) is 7.67. The zero-order valence-corrected chi connectivity index (χ0v) is 23.2. The number of aliphatic imine (C=N–C) groups is 1. The number of thioether (sulfide) groups is 2. The fourth-order valence-electron chi connectivity index (χ4n) is 4.63. The van der Waals surface area contributed by atoms with Gasteiger partial charge in [0.2, 0.25) is 0 Å². The van der Waals surface area contributed by atoms with Gasteiger partial charge in [-0.3, -0.25) is 24.9 Å². The van der Waals surface area contributed by atoms with Crippen LogP contribution in [0, 0.1) is 10.1 Å². The maximum atomic E-state index is 11.1. The Labute approximate surface area is 227 Å². The SMILES string of the molecule is O=[N+]([O-])CC(=NCCSCc1ccc(CN2CCCC2)o1)NCCSCc1ccc(CN2CCCC2)o1. The lowest BCUT2D eigenvalue weighted by molar-refractivity contribution is -0.463. The third-order valence-corrected chi connectivity index (χ3v) is 8.41. The standard InChI is InChI=1S/C26H39N5O4S2/c32-31(33)19-26(27-9-15-36-20-24-7-5-22(34-24)17-29-11-1-2-12-29)28-10-16-37-21-25-8-6-23(35-25)18-30-13-3-4-14-30/h5-8H,1-4,9-21H2,(H,27,28). The summed E-state index contributed by atoms with van der Waals surface area (Å²) >= 11 is 3.49. The second-order valence-corrected chi connectivity index (χ2v) is 11.8. The molecule has 204 valence electrons. The van der Waals surface area contributed by atoms with Crippen molar-refractivity contribution in [2.45, 2.75) is 50.3 Å². The molecule has 4 heterocycles. The number of furan rings is 2. The zero-order valence-electron chi connectivity index (χ0n) is 21.6. The number of nitrogens with zero attached hydrogens (tertiary/aromatic N) is 4. The molecule has 1 N–H and O–H groups in total. The molecule has 0 amide bonds. The molecule has 2 fully saturated rings. The van der Waals surface area contributed by atoms with Crippen LogP contribution < -0.4 is 5.32 Å². The van der Waals surface area contributed by atoms with Gasteiger partial charge in [0.05, 0.1) is 31.1 Å². The van der Waals surface area contributed by atoms with Crippen LogP contribution in [0.4, 0.5) is 0 Å². The van der Waals surface area contributed by atoms with Gasteiger partial charge in [-0.15, -0.1) is 0 Å². The van der Waals surface area contributed by atoms with Gasteiger partial charge in [-0.05, 0) is 76.1 Å². The normalized spacial score (nSPS) is 17.1. The number of hydrogen-bond acceptors (Lipinski definition) is 9. The molecule has 9 nitrogen and oxygen atoms in total. The van der Waals surface area contributed by atoms with Crippen LogP contribution in [0.15, 0.2) is 38.1 Å². The molecule has 0 bridgehead atoms. The van der Waals surface area contributed by atoms with Crippen molar-refractivity contribution < 1.29 is 13.8 Å². The maximum Gasteiger partial charge on any atom is 0.259 e. The molecule has 2 aliphatic heterocycles. The summed E-state index contributed by atoms with van der Waals surface area (Å²) in [4.78, 5) is 20.0. The molecule has 2 saturated heterocycles. The van der Waals surface area contributed by atoms with E-state index in [4.69, 9.17) is 8.83 Å². The predicted molar refractivity (Wildman–Crippen MR) is 151 cm³/mol. The Hall–Kier alpha value is -1.95. The molecule has 37 heavy (non-hydrogen) atoms. The quantitative estimate of drug-likeness (QED) is 0.107. The second-order valence-electron chi connectivity index (χ2n) is 9.55. The van der Waals surface area contributed by atoms with Crippen molar-refractivity contribution >= 4 is 29.4 Å². The summed E-state index contributed by atoms with van der Waals surface area (Å²) in [5.41, 5.74) is 0. The number of likely N-dealkylation sites (tertiary alicyclic amines) is 2. The highest BCUT2D eigenvalue weighted by atomic mass is 32.2. The second kappa shape index (κ2) is 15.5. The van der Waals surface area contributed by atoms with Crippen LogP contribution in [-0.2, 0) is 24.6 Å². The molecule has 4 rings (SSSR count). The summed E-state index contributed by atoms with van der Waals surface area (Å²) in [6.45, 7) is 7.33. The van der Waals surface area contributed by atoms with Crippen LogP contribution in [0.1, 0.15) is 48.7 Å². The molecular weight excluding hydrogens is 510 g/mol. The Morgan fingerprint density at radius 2 is 1.38 bits per heavy atom. The van der Waals surface area contributed by atoms with Gasteiger partial charge in [-0.2, -0.15) is 23.5 Å². The molecule has 11 heteroatoms. The van der Waals surface area contributed by atoms with Crippen molar-refractivity contribution in [3.8, 4) is 0 Å². The molecule has 0 aliphatic carbocycles. The number of amidine groups is 1. The third-order valence-electron chi connectivity index (χ3n) is 6.47. The van der Waals surface area contributed by atoms with Crippen LogP contribution in [-0.4, -0.2) is 77.9 Å². The molecule has 2 aromatic heterocycles. The van der Waals surface area contributed by atoms with Gasteiger partial charge in [-0.1, -0.05) is 0 Å². The molecular formula is C26H39N5O4S2. The van der Waals surface area contributed by atoms with E-state index in [9.17, 15) is 10.1 Å². The summed E-state index contributed by atoms with van der Waals surface area (Å²) in [6, 6.07) is 8.25. The van der Waals surface area contributed by atoms with Gasteiger partial charge in [0.15, 0.2) is 5.84 Å². The van der Waals surface area contributed by atoms with Crippen molar-refractivity contribution in [2.75, 3.05) is 57.3 Å². The Kier molecular flexibility index (Phi) is 11.7. The number of hydrogen-bond donors (Lipinski definition) is 1. The molecule has 2 aliphatic rings. The number of rotatable bonds is 16. The van der Waals surface area contributed by atoms with Crippen LogP contribution in [0.25, 0.3) is 0 Å². The fourth-order valence-corrected chi connectivity index (χ4v) is 6.10. The monoisotopic (exact) mass is 549 g/mol. The predicted octanol–water partition coefficient (Wildman–Crippen LogP) is 4.50. The van der Waals surface area contributed by atoms with E-state index >= 15 is 0 Å². The van der Waals surface area contributed by atoms with Crippen molar-refractivity contribution in [1.29, 1.82) is 0 Å². The lowest BCUT2D eigenvalue weighted by Crippen LogP contribution is -2.32. The van der Waals surface area contributed by atoms with E-state index in [-0.39, 0.29) is 11.5 Å². The highest BCUT2D eigenvalue weighted by Crippen LogP contribution is 2.20. The first-order valence-corrected chi connectivity index (χ1v) is 15.6. The minimum atomic E-state index is -0.332. The van der Waals surface area contributed by atoms with E-state index in [0.29, 0.717) is 18.9 Å². The molecule has 0 spiro atoms. The van der Waals surface area contributed by atoms with E-state index < -0.39 is 0 Å². The van der Waals surface area contributed by atoms with E-state index in [1.807, 2.05) is 0 Å². The molecule has 0 atom stereocenters. The van der Waals surface area contributed by atoms with Crippen molar-refractivity contribution in [2.24, 2.45) is 4.99 Å². The molecule has 2 aromatic rings. The average Bonchev–Trinajstić information content (AvgIpc) is 3.69. The van der Waals surface area contributed by atoms with Crippen LogP contribution in [0.5, 0.6) is 0 Å². The largest absolute Gasteiger partial charge is 0.464 e. The highest BCUT2D eigenvalue weighted by molar-refractivity contribution is 7.98. The van der Waals surface area contributed by atoms with E-state index in [2.05, 4.69) is 44.4 Å². The first-order valence-electron chi connectivity index (χ1n) is 13.3. The first kappa shape index (κ1) is 28.1. The van der Waals surface area contributed by atoms with Crippen LogP contribution in [0.2, 0.25) is 0 Å². The Bertz CT molecular complexity index is 983. The van der Waals surface area contributed by atoms with Crippen LogP contribution >= 0.6 is 23.5 Å². The van der Waals surface area contributed by atoms with Gasteiger partial charge >= 0.3 is 0 Å². The summed E-state index contributed by atoms with van der Waals surface area (Å²) in [7, 11) is 0. The molecule has 0 radical (unpaired) electrons. The smallest absolute Gasteiger partial charge is 0.259 e. The summed E-state index contributed by atoms with van der Waals surface area (Å²) in [5, 5.41) is 14.2. The Morgan fingerprint density at radius 3 is 1.92 bits per heavy atom. The molecule has 0 unspecified atom stereocenters. The topological polar surface area (TPSA) is 100 Å². The third kappa shape index (κ3) is 10.4. The average molecular weight is 550 g/mol. The summed E-state index contributed by atoms with van der Waals surface area (Å²) in [6.07, 6.45) is 5.12. The molecule has 0 saturated carbocycles. The lowest BCUT2D eigenvalue weighted by Gasteiger charge is -2.11. The first-order chi connectivity index (χ1) is 18.1. The fraction of sp³-hybridized carbons (Fsp3) is 0.654. The highest BCUT2D eigenvalue weighted by Gasteiger charge is 2.15. The zero-order chi connectivity index (χ0) is 25.7. The van der Waals surface area contributed by atoms with Crippen molar-refractivity contribution in [3.63, 3.8) is 0 Å². The minimum Gasteiger partial charge on any atom is -0.464 e. The lowest BCUT2D eigenvalue weighted by atomic mass is 10.4. The van der Waals surface area contributed by atoms with Gasteiger partial charge in [0, 0.05) is 23.0 Å². The summed E-state index contributed by atoms with van der Waals surface area (Å²) < 4.78 is 11.9. The minimum absolute atomic E-state index is 0.272. The van der Waals surface area contributed by atoms with Gasteiger partial charge in [0.1, 0.15) is 23.0 Å². The van der Waals surface area contributed by atoms with E-state index in [1.54, 1.807) is 23.5 Å². The van der Waals surface area contributed by atoms with Gasteiger partial charge in [-0.25, -0.2) is 0 Å².